The number of phenols is 1. The molecule has 0 aliphatic carbocycles. The summed E-state index contributed by atoms with van der Waals surface area (Å²) in [6.07, 6.45) is 1.41. The molecule has 31 heavy (non-hydrogen) atoms. The fourth-order valence-corrected chi connectivity index (χ4v) is 4.19. The smallest absolute Gasteiger partial charge is 0.255 e. The number of hydrogen-bond acceptors (Lipinski definition) is 5. The Morgan fingerprint density at radius 2 is 1.65 bits per heavy atom. The maximum Gasteiger partial charge on any atom is 0.255 e. The zero-order chi connectivity index (χ0) is 22.3. The summed E-state index contributed by atoms with van der Waals surface area (Å²) in [4.78, 5) is 12.6. The van der Waals surface area contributed by atoms with Crippen LogP contribution in [0.15, 0.2) is 88.9 Å². The van der Waals surface area contributed by atoms with Crippen LogP contribution >= 0.6 is 0 Å². The van der Waals surface area contributed by atoms with Crippen molar-refractivity contribution in [2.24, 2.45) is 5.10 Å². The van der Waals surface area contributed by atoms with Crippen LogP contribution in [0.25, 0.3) is 0 Å². The lowest BCUT2D eigenvalue weighted by Gasteiger charge is -2.21. The van der Waals surface area contributed by atoms with Crippen LogP contribution in [0, 0.1) is 6.92 Å². The van der Waals surface area contributed by atoms with E-state index in [4.69, 9.17) is 0 Å². The second kappa shape index (κ2) is 10.0. The van der Waals surface area contributed by atoms with Gasteiger partial charge in [-0.05, 0) is 54.4 Å². The van der Waals surface area contributed by atoms with Gasteiger partial charge in [-0.25, -0.2) is 13.8 Å². The monoisotopic (exact) mass is 437 g/mol. The molecule has 1 amide bonds. The Labute approximate surface area is 181 Å². The van der Waals surface area contributed by atoms with Gasteiger partial charge in [-0.3, -0.25) is 4.79 Å². The third-order valence-electron chi connectivity index (χ3n) is 4.48. The van der Waals surface area contributed by atoms with Gasteiger partial charge in [-0.15, -0.1) is 0 Å². The number of nitrogens with zero attached hydrogens (tertiary/aromatic N) is 2. The number of carbonyl (C=O) groups excluding carboxylic acids is 1. The lowest BCUT2D eigenvalue weighted by atomic mass is 10.2. The molecule has 7 nitrogen and oxygen atoms in total. The summed E-state index contributed by atoms with van der Waals surface area (Å²) in [5, 5.41) is 13.2. The van der Waals surface area contributed by atoms with E-state index >= 15 is 0 Å². The van der Waals surface area contributed by atoms with Crippen LogP contribution < -0.4 is 5.43 Å². The Bertz CT molecular complexity index is 1140. The summed E-state index contributed by atoms with van der Waals surface area (Å²) in [5.41, 5.74) is 4.73. The van der Waals surface area contributed by atoms with Gasteiger partial charge in [-0.1, -0.05) is 48.0 Å². The van der Waals surface area contributed by atoms with Gasteiger partial charge in [0.05, 0.1) is 17.7 Å². The first-order chi connectivity index (χ1) is 14.8. The first-order valence-corrected chi connectivity index (χ1v) is 11.0. The summed E-state index contributed by atoms with van der Waals surface area (Å²) in [7, 11) is -3.90. The average molecular weight is 438 g/mol. The molecule has 0 aromatic heterocycles. The van der Waals surface area contributed by atoms with Crippen LogP contribution in [-0.4, -0.2) is 36.5 Å². The largest absolute Gasteiger partial charge is 0.508 e. The van der Waals surface area contributed by atoms with E-state index < -0.39 is 22.5 Å². The van der Waals surface area contributed by atoms with Gasteiger partial charge < -0.3 is 5.11 Å². The summed E-state index contributed by atoms with van der Waals surface area (Å²) in [6.45, 7) is 1.53. The van der Waals surface area contributed by atoms with Gasteiger partial charge in [-0.2, -0.15) is 9.41 Å². The first kappa shape index (κ1) is 22.2. The second-order valence-electron chi connectivity index (χ2n) is 6.96. The van der Waals surface area contributed by atoms with Crippen LogP contribution in [0.3, 0.4) is 0 Å². The molecule has 0 saturated carbocycles. The Hall–Kier alpha value is -3.49. The highest BCUT2D eigenvalue weighted by Crippen LogP contribution is 2.19. The average Bonchev–Trinajstić information content (AvgIpc) is 2.76. The molecule has 3 rings (SSSR count). The molecule has 0 heterocycles. The number of rotatable bonds is 8. The summed E-state index contributed by atoms with van der Waals surface area (Å²) in [5.74, 6) is -0.444. The van der Waals surface area contributed by atoms with E-state index in [1.165, 1.54) is 30.5 Å². The molecule has 0 radical (unpaired) electrons. The Kier molecular flexibility index (Phi) is 7.17. The predicted octanol–water partition coefficient (Wildman–Crippen LogP) is 3.04. The van der Waals surface area contributed by atoms with Crippen molar-refractivity contribution in [1.82, 2.24) is 9.73 Å². The van der Waals surface area contributed by atoms with Crippen LogP contribution in [0.5, 0.6) is 5.75 Å². The molecule has 0 spiro atoms. The fourth-order valence-electron chi connectivity index (χ4n) is 2.81. The van der Waals surface area contributed by atoms with E-state index in [0.717, 1.165) is 15.4 Å². The minimum Gasteiger partial charge on any atom is -0.508 e. The molecule has 0 aliphatic heterocycles. The molecule has 160 valence electrons. The van der Waals surface area contributed by atoms with Crippen molar-refractivity contribution in [1.29, 1.82) is 0 Å². The van der Waals surface area contributed by atoms with Crippen LogP contribution in [-0.2, 0) is 21.4 Å². The van der Waals surface area contributed by atoms with Crippen molar-refractivity contribution in [3.05, 3.63) is 95.6 Å². The predicted molar refractivity (Wildman–Crippen MR) is 119 cm³/mol. The number of amides is 1. The number of aromatic hydroxyl groups is 1. The van der Waals surface area contributed by atoms with E-state index in [1.807, 2.05) is 25.1 Å². The number of carbonyl (C=O) groups is 1. The molecule has 0 atom stereocenters. The maximum absolute atomic E-state index is 13.2. The van der Waals surface area contributed by atoms with Crippen molar-refractivity contribution in [3.8, 4) is 5.75 Å². The quantitative estimate of drug-likeness (QED) is 0.418. The van der Waals surface area contributed by atoms with Gasteiger partial charge >= 0.3 is 0 Å². The van der Waals surface area contributed by atoms with Crippen LogP contribution in [0.4, 0.5) is 0 Å². The van der Waals surface area contributed by atoms with Crippen molar-refractivity contribution >= 4 is 22.1 Å². The number of aryl methyl sites for hydroxylation is 1. The summed E-state index contributed by atoms with van der Waals surface area (Å²) in [6, 6.07) is 21.8. The molecule has 8 heteroatoms. The normalized spacial score (nSPS) is 11.7. The van der Waals surface area contributed by atoms with Gasteiger partial charge in [0.15, 0.2) is 0 Å². The number of hydrazone groups is 1. The first-order valence-electron chi connectivity index (χ1n) is 9.56. The Morgan fingerprint density at radius 1 is 1.00 bits per heavy atom. The topological polar surface area (TPSA) is 99.1 Å². The molecule has 0 bridgehead atoms. The van der Waals surface area contributed by atoms with Crippen molar-refractivity contribution in [2.75, 3.05) is 6.54 Å². The number of phenolic OH excluding ortho intramolecular Hbond substituents is 1. The van der Waals surface area contributed by atoms with Crippen molar-refractivity contribution in [2.45, 2.75) is 18.4 Å². The molecule has 0 aliphatic rings. The second-order valence-corrected chi connectivity index (χ2v) is 8.89. The molecular formula is C23H23N3O4S. The molecule has 3 aromatic carbocycles. The van der Waals surface area contributed by atoms with Gasteiger partial charge in [0.2, 0.25) is 10.0 Å². The van der Waals surface area contributed by atoms with E-state index in [-0.39, 0.29) is 17.2 Å². The van der Waals surface area contributed by atoms with E-state index in [1.54, 1.807) is 36.4 Å². The Balaban J connectivity index is 1.76. The minimum absolute atomic E-state index is 0.0478. The van der Waals surface area contributed by atoms with E-state index in [9.17, 15) is 18.3 Å². The highest BCUT2D eigenvalue weighted by Gasteiger charge is 2.26. The van der Waals surface area contributed by atoms with Crippen LogP contribution in [0.1, 0.15) is 16.7 Å². The standard InChI is InChI=1S/C23H23N3O4S/c1-18-7-13-22(14-8-18)31(29,30)26(16-20-5-3-2-4-6-20)17-23(28)25-24-15-19-9-11-21(27)12-10-19/h2-15,27H,16-17H2,1H3,(H,25,28)/b24-15+. The Morgan fingerprint density at radius 3 is 2.29 bits per heavy atom. The third kappa shape index (κ3) is 6.24. The highest BCUT2D eigenvalue weighted by molar-refractivity contribution is 7.89. The molecule has 0 saturated heterocycles. The van der Waals surface area contributed by atoms with E-state index in [0.29, 0.717) is 5.56 Å². The molecule has 0 unspecified atom stereocenters. The SMILES string of the molecule is Cc1ccc(S(=O)(=O)N(CC(=O)N/N=C/c2ccc(O)cc2)Cc2ccccc2)cc1. The van der Waals surface area contributed by atoms with Gasteiger partial charge in [0.25, 0.3) is 5.91 Å². The molecule has 3 aromatic rings. The molecular weight excluding hydrogens is 414 g/mol. The number of benzene rings is 3. The van der Waals surface area contributed by atoms with Crippen LogP contribution in [0.2, 0.25) is 0 Å². The minimum atomic E-state index is -3.90. The molecule has 0 fully saturated rings. The number of hydrogen-bond donors (Lipinski definition) is 2. The maximum atomic E-state index is 13.2. The number of nitrogens with one attached hydrogen (secondary N) is 1. The third-order valence-corrected chi connectivity index (χ3v) is 6.28. The summed E-state index contributed by atoms with van der Waals surface area (Å²) >= 11 is 0. The van der Waals surface area contributed by atoms with Gasteiger partial charge in [0.1, 0.15) is 5.75 Å². The number of sulfonamides is 1. The van der Waals surface area contributed by atoms with Crippen molar-refractivity contribution < 1.29 is 18.3 Å². The molecule has 2 N–H and O–H groups in total. The fraction of sp³-hybridized carbons (Fsp3) is 0.130. The lowest BCUT2D eigenvalue weighted by Crippen LogP contribution is -2.39. The zero-order valence-electron chi connectivity index (χ0n) is 17.0. The van der Waals surface area contributed by atoms with Crippen molar-refractivity contribution in [3.63, 3.8) is 0 Å². The highest BCUT2D eigenvalue weighted by atomic mass is 32.2. The summed E-state index contributed by atoms with van der Waals surface area (Å²) < 4.78 is 27.5. The zero-order valence-corrected chi connectivity index (χ0v) is 17.8. The lowest BCUT2D eigenvalue weighted by molar-refractivity contribution is -0.121. The van der Waals surface area contributed by atoms with E-state index in [2.05, 4.69) is 10.5 Å². The van der Waals surface area contributed by atoms with Gasteiger partial charge in [0, 0.05) is 6.54 Å².